The number of carbonyl (C=O) groups excluding carboxylic acids is 1. The summed E-state index contributed by atoms with van der Waals surface area (Å²) in [7, 11) is 0. The Labute approximate surface area is 204 Å². The zero-order valence-corrected chi connectivity index (χ0v) is 20.4. The number of rotatable bonds is 13. The topological polar surface area (TPSA) is 115 Å². The molecule has 0 saturated carbocycles. The van der Waals surface area contributed by atoms with E-state index in [4.69, 9.17) is 31.0 Å². The molecular weight excluding hydrogens is 462 g/mol. The van der Waals surface area contributed by atoms with Crippen LogP contribution < -0.4 is 9.47 Å². The van der Waals surface area contributed by atoms with Crippen LogP contribution in [0.4, 0.5) is 0 Å². The SMILES string of the molecule is CCCc1c(OCCCOc2ccc(CC(=O)O)cc2Cl)ccc(/C(CC)=N/OC(C)=O)c1O. The normalized spacial score (nSPS) is 11.2. The van der Waals surface area contributed by atoms with Crippen molar-refractivity contribution in [1.29, 1.82) is 0 Å². The number of phenolic OH excluding ortho intramolecular Hbond substituents is 1. The Balaban J connectivity index is 2.00. The molecule has 0 aliphatic heterocycles. The Hall–Kier alpha value is -3.26. The standard InChI is InChI=1S/C25H30ClNO7/c1-4-7-19-22(11-9-18(25(19)31)21(5-2)27-34-16(3)28)32-12-6-13-33-23-10-8-17(14-20(23)26)15-24(29)30/h8-11,14,31H,4-7,12-13,15H2,1-3H3,(H,29,30)/b27-21+. The van der Waals surface area contributed by atoms with E-state index in [1.54, 1.807) is 30.3 Å². The Morgan fingerprint density at radius 3 is 2.32 bits per heavy atom. The highest BCUT2D eigenvalue weighted by molar-refractivity contribution is 6.32. The maximum absolute atomic E-state index is 11.1. The first-order valence-corrected chi connectivity index (χ1v) is 11.5. The number of benzene rings is 2. The van der Waals surface area contributed by atoms with Crippen molar-refractivity contribution in [1.82, 2.24) is 0 Å². The fourth-order valence-corrected chi connectivity index (χ4v) is 3.53. The summed E-state index contributed by atoms with van der Waals surface area (Å²) >= 11 is 6.17. The van der Waals surface area contributed by atoms with E-state index in [1.807, 2.05) is 13.8 Å². The molecule has 2 aromatic carbocycles. The first kappa shape index (κ1) is 27.0. The second kappa shape index (κ2) is 13.4. The van der Waals surface area contributed by atoms with Crippen molar-refractivity contribution in [2.24, 2.45) is 5.16 Å². The van der Waals surface area contributed by atoms with E-state index in [0.717, 1.165) is 6.42 Å². The zero-order chi connectivity index (χ0) is 25.1. The second-order valence-corrected chi connectivity index (χ2v) is 7.96. The van der Waals surface area contributed by atoms with E-state index in [1.165, 1.54) is 6.92 Å². The minimum Gasteiger partial charge on any atom is -0.507 e. The molecule has 34 heavy (non-hydrogen) atoms. The molecule has 184 valence electrons. The van der Waals surface area contributed by atoms with E-state index in [0.29, 0.717) is 71.4 Å². The first-order valence-electron chi connectivity index (χ1n) is 11.1. The third-order valence-corrected chi connectivity index (χ3v) is 5.12. The van der Waals surface area contributed by atoms with E-state index in [2.05, 4.69) is 5.16 Å². The van der Waals surface area contributed by atoms with Crippen LogP contribution in [-0.2, 0) is 27.3 Å². The number of carboxylic acids is 1. The molecule has 2 rings (SSSR count). The van der Waals surface area contributed by atoms with Crippen LogP contribution in [-0.4, -0.2) is 41.1 Å². The van der Waals surface area contributed by atoms with Crippen LogP contribution in [0, 0.1) is 0 Å². The number of carbonyl (C=O) groups is 2. The lowest BCUT2D eigenvalue weighted by atomic mass is 9.99. The molecule has 9 heteroatoms. The van der Waals surface area contributed by atoms with Gasteiger partial charge in [-0.3, -0.25) is 4.79 Å². The van der Waals surface area contributed by atoms with Gasteiger partial charge in [0.25, 0.3) is 0 Å². The van der Waals surface area contributed by atoms with Gasteiger partial charge in [-0.05, 0) is 42.7 Å². The van der Waals surface area contributed by atoms with Crippen LogP contribution in [0.3, 0.4) is 0 Å². The van der Waals surface area contributed by atoms with Gasteiger partial charge in [0.1, 0.15) is 17.2 Å². The van der Waals surface area contributed by atoms with Crippen LogP contribution >= 0.6 is 11.6 Å². The van der Waals surface area contributed by atoms with Gasteiger partial charge in [-0.1, -0.05) is 43.1 Å². The molecule has 0 saturated heterocycles. The molecule has 0 amide bonds. The molecule has 0 aromatic heterocycles. The molecule has 0 fully saturated rings. The van der Waals surface area contributed by atoms with Crippen molar-refractivity contribution < 1.29 is 34.1 Å². The lowest BCUT2D eigenvalue weighted by molar-refractivity contribution is -0.141. The fraction of sp³-hybridized carbons (Fsp3) is 0.400. The minimum absolute atomic E-state index is 0.0663. The predicted molar refractivity (Wildman–Crippen MR) is 129 cm³/mol. The number of carboxylic acid groups (broad SMARTS) is 1. The van der Waals surface area contributed by atoms with Crippen molar-refractivity contribution in [3.05, 3.63) is 52.0 Å². The second-order valence-electron chi connectivity index (χ2n) is 7.55. The van der Waals surface area contributed by atoms with Crippen LogP contribution in [0.15, 0.2) is 35.5 Å². The van der Waals surface area contributed by atoms with Gasteiger partial charge in [0.05, 0.1) is 30.4 Å². The van der Waals surface area contributed by atoms with Gasteiger partial charge < -0.3 is 24.5 Å². The van der Waals surface area contributed by atoms with Gasteiger partial charge in [0.15, 0.2) is 0 Å². The summed E-state index contributed by atoms with van der Waals surface area (Å²) < 4.78 is 11.6. The van der Waals surface area contributed by atoms with Crippen molar-refractivity contribution in [3.8, 4) is 17.2 Å². The zero-order valence-electron chi connectivity index (χ0n) is 19.6. The summed E-state index contributed by atoms with van der Waals surface area (Å²) in [5, 5.41) is 23.9. The molecule has 0 unspecified atom stereocenters. The molecule has 2 N–H and O–H groups in total. The summed E-state index contributed by atoms with van der Waals surface area (Å²) in [5.74, 6) is -0.341. The number of ether oxygens (including phenoxy) is 2. The van der Waals surface area contributed by atoms with Gasteiger partial charge in [0, 0.05) is 24.5 Å². The number of nitrogens with zero attached hydrogens (tertiary/aromatic N) is 1. The molecule has 0 bridgehead atoms. The van der Waals surface area contributed by atoms with Gasteiger partial charge in [0.2, 0.25) is 0 Å². The molecule has 0 aliphatic carbocycles. The number of aromatic hydroxyl groups is 1. The lowest BCUT2D eigenvalue weighted by Gasteiger charge is -2.16. The molecule has 2 aromatic rings. The number of phenols is 1. The number of hydrogen-bond acceptors (Lipinski definition) is 7. The largest absolute Gasteiger partial charge is 0.507 e. The monoisotopic (exact) mass is 491 g/mol. The number of aliphatic carboxylic acids is 1. The van der Waals surface area contributed by atoms with Crippen LogP contribution in [0.5, 0.6) is 17.2 Å². The maximum Gasteiger partial charge on any atom is 0.331 e. The van der Waals surface area contributed by atoms with Crippen molar-refractivity contribution in [2.45, 2.75) is 52.9 Å². The van der Waals surface area contributed by atoms with Gasteiger partial charge in [-0.25, -0.2) is 4.79 Å². The van der Waals surface area contributed by atoms with Crippen LogP contribution in [0.25, 0.3) is 0 Å². The average molecular weight is 492 g/mol. The Morgan fingerprint density at radius 2 is 1.74 bits per heavy atom. The number of halogens is 1. The highest BCUT2D eigenvalue weighted by Gasteiger charge is 2.17. The van der Waals surface area contributed by atoms with Gasteiger partial charge >= 0.3 is 11.9 Å². The minimum atomic E-state index is -0.925. The third-order valence-electron chi connectivity index (χ3n) is 4.83. The smallest absolute Gasteiger partial charge is 0.331 e. The summed E-state index contributed by atoms with van der Waals surface area (Å²) in [6.45, 7) is 5.83. The molecule has 0 heterocycles. The molecule has 0 aliphatic rings. The molecule has 0 atom stereocenters. The van der Waals surface area contributed by atoms with Gasteiger partial charge in [-0.15, -0.1) is 0 Å². The van der Waals surface area contributed by atoms with Crippen LogP contribution in [0.1, 0.15) is 56.7 Å². The van der Waals surface area contributed by atoms with Crippen molar-refractivity contribution >= 4 is 29.3 Å². The lowest BCUT2D eigenvalue weighted by Crippen LogP contribution is -2.08. The molecule has 0 spiro atoms. The van der Waals surface area contributed by atoms with Crippen LogP contribution in [0.2, 0.25) is 5.02 Å². The third kappa shape index (κ3) is 7.95. The fourth-order valence-electron chi connectivity index (χ4n) is 3.27. The highest BCUT2D eigenvalue weighted by Crippen LogP contribution is 2.34. The molecule has 0 radical (unpaired) electrons. The summed E-state index contributed by atoms with van der Waals surface area (Å²) in [4.78, 5) is 26.6. The molecular formula is C25H30ClNO7. The number of hydrogen-bond donors (Lipinski definition) is 2. The highest BCUT2D eigenvalue weighted by atomic mass is 35.5. The summed E-state index contributed by atoms with van der Waals surface area (Å²) in [6, 6.07) is 8.38. The maximum atomic E-state index is 11.1. The summed E-state index contributed by atoms with van der Waals surface area (Å²) in [6.07, 6.45) is 2.35. The summed E-state index contributed by atoms with van der Waals surface area (Å²) in [5.41, 5.74) is 2.24. The first-order chi connectivity index (χ1) is 16.3. The van der Waals surface area contributed by atoms with Crippen molar-refractivity contribution in [2.75, 3.05) is 13.2 Å². The van der Waals surface area contributed by atoms with E-state index < -0.39 is 11.9 Å². The van der Waals surface area contributed by atoms with E-state index >= 15 is 0 Å². The Kier molecular flexibility index (Phi) is 10.7. The average Bonchev–Trinajstić information content (AvgIpc) is 2.78. The Bertz CT molecular complexity index is 1040. The van der Waals surface area contributed by atoms with E-state index in [-0.39, 0.29) is 12.2 Å². The predicted octanol–water partition coefficient (Wildman–Crippen LogP) is 5.15. The Morgan fingerprint density at radius 1 is 1.06 bits per heavy atom. The molecule has 8 nitrogen and oxygen atoms in total. The quantitative estimate of drug-likeness (QED) is 0.172. The van der Waals surface area contributed by atoms with E-state index in [9.17, 15) is 14.7 Å². The number of oxime groups is 1. The van der Waals surface area contributed by atoms with Crippen molar-refractivity contribution in [3.63, 3.8) is 0 Å². The van der Waals surface area contributed by atoms with Gasteiger partial charge in [-0.2, -0.15) is 0 Å².